The molecule has 0 spiro atoms. The molecular weight excluding hydrogens is 256 g/mol. The van der Waals surface area contributed by atoms with Gasteiger partial charge in [-0.05, 0) is 35.9 Å². The summed E-state index contributed by atoms with van der Waals surface area (Å²) in [7, 11) is 1.52. The number of nitrogens with two attached hydrogens (primary N) is 1. The Labute approximate surface area is 116 Å². The van der Waals surface area contributed by atoms with Crippen LogP contribution in [0.5, 0.6) is 17.2 Å². The molecule has 0 bridgehead atoms. The average Bonchev–Trinajstić information content (AvgIpc) is 2.49. The van der Waals surface area contributed by atoms with Crippen molar-refractivity contribution in [2.75, 3.05) is 12.8 Å². The topological polar surface area (TPSA) is 88.5 Å². The Morgan fingerprint density at radius 2 is 1.90 bits per heavy atom. The first-order valence-electron chi connectivity index (χ1n) is 5.93. The number of hydrogen-bond donors (Lipinski definition) is 2. The number of aliphatic hydroxyl groups excluding tert-OH is 1. The lowest BCUT2D eigenvalue weighted by Gasteiger charge is -2.12. The molecule has 20 heavy (non-hydrogen) atoms. The van der Waals surface area contributed by atoms with E-state index in [2.05, 4.69) is 0 Å². The van der Waals surface area contributed by atoms with Crippen LogP contribution in [0.15, 0.2) is 36.4 Å². The fourth-order valence-corrected chi connectivity index (χ4v) is 1.72. The number of hydrogen-bond acceptors (Lipinski definition) is 5. The number of anilines is 1. The van der Waals surface area contributed by atoms with Gasteiger partial charge in [0.05, 0.1) is 31.0 Å². The van der Waals surface area contributed by atoms with E-state index < -0.39 is 0 Å². The molecule has 3 N–H and O–H groups in total. The van der Waals surface area contributed by atoms with Crippen molar-refractivity contribution in [1.82, 2.24) is 0 Å². The molecule has 0 aliphatic heterocycles. The highest BCUT2D eigenvalue weighted by Crippen LogP contribution is 2.35. The first kappa shape index (κ1) is 13.7. The first-order valence-corrected chi connectivity index (χ1v) is 5.93. The normalized spacial score (nSPS) is 9.85. The summed E-state index contributed by atoms with van der Waals surface area (Å²) in [5.41, 5.74) is 7.40. The molecule has 0 saturated carbocycles. The molecule has 0 aliphatic rings. The molecule has 5 heteroatoms. The molecule has 0 amide bonds. The van der Waals surface area contributed by atoms with Crippen molar-refractivity contribution in [2.24, 2.45) is 0 Å². The third-order valence-electron chi connectivity index (χ3n) is 2.77. The van der Waals surface area contributed by atoms with E-state index in [0.717, 1.165) is 5.56 Å². The van der Waals surface area contributed by atoms with E-state index in [1.54, 1.807) is 36.4 Å². The van der Waals surface area contributed by atoms with Crippen LogP contribution in [0, 0.1) is 11.3 Å². The van der Waals surface area contributed by atoms with Gasteiger partial charge < -0.3 is 20.3 Å². The third-order valence-corrected chi connectivity index (χ3v) is 2.77. The van der Waals surface area contributed by atoms with Gasteiger partial charge in [0.25, 0.3) is 0 Å². The predicted molar refractivity (Wildman–Crippen MR) is 74.6 cm³/mol. The number of nitrogens with zero attached hydrogens (tertiary/aromatic N) is 1. The Hall–Kier alpha value is -2.71. The summed E-state index contributed by atoms with van der Waals surface area (Å²) in [5.74, 6) is 1.43. The number of benzene rings is 2. The van der Waals surface area contributed by atoms with Crippen molar-refractivity contribution in [3.63, 3.8) is 0 Å². The van der Waals surface area contributed by atoms with E-state index in [1.807, 2.05) is 6.07 Å². The van der Waals surface area contributed by atoms with Crippen LogP contribution < -0.4 is 15.2 Å². The molecule has 0 unspecified atom stereocenters. The van der Waals surface area contributed by atoms with E-state index in [1.165, 1.54) is 7.11 Å². The van der Waals surface area contributed by atoms with Gasteiger partial charge in [-0.15, -0.1) is 0 Å². The number of nitrogen functional groups attached to an aromatic ring is 1. The minimum atomic E-state index is -0.0738. The summed E-state index contributed by atoms with van der Waals surface area (Å²) >= 11 is 0. The maximum atomic E-state index is 9.09. The lowest BCUT2D eigenvalue weighted by atomic mass is 10.2. The van der Waals surface area contributed by atoms with E-state index >= 15 is 0 Å². The zero-order valence-electron chi connectivity index (χ0n) is 11.0. The van der Waals surface area contributed by atoms with E-state index in [0.29, 0.717) is 28.5 Å². The van der Waals surface area contributed by atoms with Gasteiger partial charge in [0.1, 0.15) is 0 Å². The standard InChI is InChI=1S/C15H14N2O3/c1-19-15-7-11(9-18)3-5-14(15)20-13-4-2-10(8-16)6-12(13)17/h2-7,18H,9,17H2,1H3. The second-order valence-corrected chi connectivity index (χ2v) is 4.11. The van der Waals surface area contributed by atoms with Crippen LogP contribution in [-0.4, -0.2) is 12.2 Å². The molecule has 102 valence electrons. The van der Waals surface area contributed by atoms with Crippen LogP contribution in [-0.2, 0) is 6.61 Å². The SMILES string of the molecule is COc1cc(CO)ccc1Oc1ccc(C#N)cc1N. The van der Waals surface area contributed by atoms with Gasteiger partial charge >= 0.3 is 0 Å². The van der Waals surface area contributed by atoms with Gasteiger partial charge in [-0.3, -0.25) is 0 Å². The Bertz CT molecular complexity index is 663. The zero-order valence-corrected chi connectivity index (χ0v) is 11.0. The summed E-state index contributed by atoms with van der Waals surface area (Å²) in [6.07, 6.45) is 0. The zero-order chi connectivity index (χ0) is 14.5. The first-order chi connectivity index (χ1) is 9.67. The Morgan fingerprint density at radius 3 is 2.50 bits per heavy atom. The summed E-state index contributed by atoms with van der Waals surface area (Å²) < 4.78 is 10.9. The molecule has 0 atom stereocenters. The molecule has 0 radical (unpaired) electrons. The Morgan fingerprint density at radius 1 is 1.15 bits per heavy atom. The smallest absolute Gasteiger partial charge is 0.169 e. The summed E-state index contributed by atoms with van der Waals surface area (Å²) in [5, 5.41) is 17.9. The van der Waals surface area contributed by atoms with Crippen LogP contribution in [0.4, 0.5) is 5.69 Å². The molecular formula is C15H14N2O3. The lowest BCUT2D eigenvalue weighted by Crippen LogP contribution is -1.96. The quantitative estimate of drug-likeness (QED) is 0.833. The van der Waals surface area contributed by atoms with Crippen LogP contribution in [0.3, 0.4) is 0 Å². The van der Waals surface area contributed by atoms with Gasteiger partial charge in [-0.1, -0.05) is 6.07 Å². The van der Waals surface area contributed by atoms with E-state index in [9.17, 15) is 0 Å². The van der Waals surface area contributed by atoms with Crippen LogP contribution in [0.1, 0.15) is 11.1 Å². The van der Waals surface area contributed by atoms with Crippen molar-refractivity contribution >= 4 is 5.69 Å². The minimum absolute atomic E-state index is 0.0738. The average molecular weight is 270 g/mol. The summed E-state index contributed by atoms with van der Waals surface area (Å²) in [4.78, 5) is 0. The lowest BCUT2D eigenvalue weighted by molar-refractivity contribution is 0.280. The number of aliphatic hydroxyl groups is 1. The molecule has 0 aliphatic carbocycles. The fraction of sp³-hybridized carbons (Fsp3) is 0.133. The number of methoxy groups -OCH3 is 1. The van der Waals surface area contributed by atoms with Crippen LogP contribution in [0.2, 0.25) is 0 Å². The molecule has 0 saturated heterocycles. The van der Waals surface area contributed by atoms with Gasteiger partial charge in [0.15, 0.2) is 17.2 Å². The van der Waals surface area contributed by atoms with E-state index in [4.69, 9.17) is 25.6 Å². The third kappa shape index (κ3) is 2.82. The van der Waals surface area contributed by atoms with Crippen LogP contribution in [0.25, 0.3) is 0 Å². The molecule has 2 aromatic carbocycles. The molecule has 5 nitrogen and oxygen atoms in total. The molecule has 2 rings (SSSR count). The maximum absolute atomic E-state index is 9.09. The molecule has 2 aromatic rings. The van der Waals surface area contributed by atoms with Gasteiger partial charge in [0, 0.05) is 0 Å². The van der Waals surface area contributed by atoms with Crippen molar-refractivity contribution in [1.29, 1.82) is 5.26 Å². The number of ether oxygens (including phenoxy) is 2. The maximum Gasteiger partial charge on any atom is 0.169 e. The minimum Gasteiger partial charge on any atom is -0.493 e. The summed E-state index contributed by atoms with van der Waals surface area (Å²) in [6, 6.07) is 11.9. The van der Waals surface area contributed by atoms with Gasteiger partial charge in [-0.25, -0.2) is 0 Å². The second-order valence-electron chi connectivity index (χ2n) is 4.11. The van der Waals surface area contributed by atoms with Gasteiger partial charge in [-0.2, -0.15) is 5.26 Å². The largest absolute Gasteiger partial charge is 0.493 e. The fourth-order valence-electron chi connectivity index (χ4n) is 1.72. The van der Waals surface area contributed by atoms with Crippen molar-refractivity contribution in [3.8, 4) is 23.3 Å². The molecule has 0 aromatic heterocycles. The highest BCUT2D eigenvalue weighted by molar-refractivity contribution is 5.58. The predicted octanol–water partition coefficient (Wildman–Crippen LogP) is 2.43. The molecule has 0 fully saturated rings. The van der Waals surface area contributed by atoms with Crippen molar-refractivity contribution in [2.45, 2.75) is 6.61 Å². The monoisotopic (exact) mass is 270 g/mol. The highest BCUT2D eigenvalue weighted by atomic mass is 16.5. The Kier molecular flexibility index (Phi) is 4.08. The number of nitriles is 1. The van der Waals surface area contributed by atoms with Crippen molar-refractivity contribution < 1.29 is 14.6 Å². The number of rotatable bonds is 4. The second kappa shape index (κ2) is 5.95. The van der Waals surface area contributed by atoms with Crippen LogP contribution >= 0.6 is 0 Å². The summed E-state index contributed by atoms with van der Waals surface area (Å²) in [6.45, 7) is -0.0738. The highest BCUT2D eigenvalue weighted by Gasteiger charge is 2.09. The molecule has 0 heterocycles. The van der Waals surface area contributed by atoms with E-state index in [-0.39, 0.29) is 6.61 Å². The van der Waals surface area contributed by atoms with Gasteiger partial charge in [0.2, 0.25) is 0 Å². The van der Waals surface area contributed by atoms with Crippen molar-refractivity contribution in [3.05, 3.63) is 47.5 Å². The Balaban J connectivity index is 2.32.